The van der Waals surface area contributed by atoms with Crippen LogP contribution in [-0.2, 0) is 0 Å². The molecule has 0 spiro atoms. The van der Waals surface area contributed by atoms with Crippen molar-refractivity contribution in [3.8, 4) is 5.88 Å². The number of ether oxygens (including phenoxy) is 1. The topological polar surface area (TPSA) is 50.3 Å². The Hall–Kier alpha value is -1.36. The van der Waals surface area contributed by atoms with E-state index in [1.54, 1.807) is 6.20 Å². The molecule has 0 saturated carbocycles. The second kappa shape index (κ2) is 7.43. The van der Waals surface area contributed by atoms with Crippen LogP contribution in [0.4, 0.5) is 5.82 Å². The molecule has 0 radical (unpaired) electrons. The van der Waals surface area contributed by atoms with E-state index in [4.69, 9.17) is 4.74 Å². The highest BCUT2D eigenvalue weighted by Crippen LogP contribution is 2.19. The molecular formula is C15H26N4O. The van der Waals surface area contributed by atoms with E-state index in [1.165, 1.54) is 12.8 Å². The van der Waals surface area contributed by atoms with Crippen molar-refractivity contribution in [1.29, 1.82) is 0 Å². The Labute approximate surface area is 121 Å². The largest absolute Gasteiger partial charge is 0.474 e. The van der Waals surface area contributed by atoms with Crippen molar-refractivity contribution in [2.75, 3.05) is 31.1 Å². The molecule has 2 heterocycles. The number of hydrogen-bond acceptors (Lipinski definition) is 5. The van der Waals surface area contributed by atoms with Gasteiger partial charge in [0.15, 0.2) is 5.82 Å². The smallest absolute Gasteiger partial charge is 0.234 e. The molecule has 5 heteroatoms. The normalized spacial score (nSPS) is 16.4. The standard InChI is InChI=1S/C15H26N4O/c1-4-19(11-13-5-7-16-8-6-13)14-9-17-10-15(18-14)20-12(2)3/h9-10,12-13,16H,4-8,11H2,1-3H3. The van der Waals surface area contributed by atoms with Crippen LogP contribution in [0.3, 0.4) is 0 Å². The molecule has 1 N–H and O–H groups in total. The molecule has 2 rings (SSSR count). The van der Waals surface area contributed by atoms with Crippen LogP contribution < -0.4 is 15.0 Å². The summed E-state index contributed by atoms with van der Waals surface area (Å²) in [5.74, 6) is 2.28. The fourth-order valence-electron chi connectivity index (χ4n) is 2.55. The molecule has 1 aromatic heterocycles. The summed E-state index contributed by atoms with van der Waals surface area (Å²) in [6.45, 7) is 10.4. The SMILES string of the molecule is CCN(CC1CCNCC1)c1cncc(OC(C)C)n1. The van der Waals surface area contributed by atoms with Gasteiger partial charge in [-0.05, 0) is 52.6 Å². The van der Waals surface area contributed by atoms with Crippen molar-refractivity contribution in [2.24, 2.45) is 5.92 Å². The average Bonchev–Trinajstić information content (AvgIpc) is 2.45. The molecule has 0 atom stereocenters. The number of aromatic nitrogens is 2. The predicted octanol–water partition coefficient (Wildman–Crippen LogP) is 2.09. The Morgan fingerprint density at radius 2 is 2.10 bits per heavy atom. The Kier molecular flexibility index (Phi) is 5.59. The first-order valence-electron chi connectivity index (χ1n) is 7.63. The van der Waals surface area contributed by atoms with Gasteiger partial charge in [-0.15, -0.1) is 0 Å². The molecule has 1 aliphatic rings. The van der Waals surface area contributed by atoms with E-state index in [2.05, 4.69) is 27.1 Å². The van der Waals surface area contributed by atoms with E-state index in [9.17, 15) is 0 Å². The lowest BCUT2D eigenvalue weighted by atomic mass is 9.97. The van der Waals surface area contributed by atoms with Gasteiger partial charge in [-0.3, -0.25) is 4.98 Å². The zero-order valence-electron chi connectivity index (χ0n) is 12.8. The minimum Gasteiger partial charge on any atom is -0.474 e. The van der Waals surface area contributed by atoms with E-state index >= 15 is 0 Å². The summed E-state index contributed by atoms with van der Waals surface area (Å²) in [6, 6.07) is 0. The minimum atomic E-state index is 0.124. The molecule has 0 aromatic carbocycles. The van der Waals surface area contributed by atoms with Crippen LogP contribution in [0.2, 0.25) is 0 Å². The first-order valence-corrected chi connectivity index (χ1v) is 7.63. The summed E-state index contributed by atoms with van der Waals surface area (Å²) in [6.07, 6.45) is 6.12. The lowest BCUT2D eigenvalue weighted by Gasteiger charge is -2.30. The third-order valence-electron chi connectivity index (χ3n) is 3.60. The molecule has 0 amide bonds. The van der Waals surface area contributed by atoms with Crippen molar-refractivity contribution >= 4 is 5.82 Å². The van der Waals surface area contributed by atoms with Gasteiger partial charge >= 0.3 is 0 Å². The van der Waals surface area contributed by atoms with Crippen molar-refractivity contribution in [2.45, 2.75) is 39.7 Å². The van der Waals surface area contributed by atoms with E-state index in [0.717, 1.165) is 37.9 Å². The van der Waals surface area contributed by atoms with E-state index in [0.29, 0.717) is 5.88 Å². The molecular weight excluding hydrogens is 252 g/mol. The molecule has 1 aromatic rings. The molecule has 0 unspecified atom stereocenters. The van der Waals surface area contributed by atoms with Crippen molar-refractivity contribution < 1.29 is 4.74 Å². The van der Waals surface area contributed by atoms with Gasteiger partial charge in [0.05, 0.1) is 18.5 Å². The van der Waals surface area contributed by atoms with Crippen LogP contribution in [0.15, 0.2) is 12.4 Å². The molecule has 20 heavy (non-hydrogen) atoms. The van der Waals surface area contributed by atoms with Crippen molar-refractivity contribution in [3.63, 3.8) is 0 Å². The first kappa shape index (κ1) is 15.0. The van der Waals surface area contributed by atoms with Gasteiger partial charge in [0.2, 0.25) is 5.88 Å². The Morgan fingerprint density at radius 3 is 2.75 bits per heavy atom. The van der Waals surface area contributed by atoms with Gasteiger partial charge in [-0.25, -0.2) is 0 Å². The van der Waals surface area contributed by atoms with E-state index in [-0.39, 0.29) is 6.10 Å². The lowest BCUT2D eigenvalue weighted by molar-refractivity contribution is 0.231. The van der Waals surface area contributed by atoms with E-state index in [1.807, 2.05) is 20.0 Å². The quantitative estimate of drug-likeness (QED) is 0.863. The van der Waals surface area contributed by atoms with Crippen LogP contribution in [0.25, 0.3) is 0 Å². The molecule has 0 bridgehead atoms. The summed E-state index contributed by atoms with van der Waals surface area (Å²) in [5, 5.41) is 3.41. The lowest BCUT2D eigenvalue weighted by Crippen LogP contribution is -2.36. The fraction of sp³-hybridized carbons (Fsp3) is 0.733. The van der Waals surface area contributed by atoms with Crippen molar-refractivity contribution in [1.82, 2.24) is 15.3 Å². The Bertz CT molecular complexity index is 405. The average molecular weight is 278 g/mol. The highest BCUT2D eigenvalue weighted by molar-refractivity contribution is 5.37. The van der Waals surface area contributed by atoms with Gasteiger partial charge in [0, 0.05) is 13.1 Å². The minimum absolute atomic E-state index is 0.124. The highest BCUT2D eigenvalue weighted by Gasteiger charge is 2.17. The maximum absolute atomic E-state index is 5.63. The van der Waals surface area contributed by atoms with Crippen LogP contribution >= 0.6 is 0 Å². The second-order valence-electron chi connectivity index (χ2n) is 5.61. The van der Waals surface area contributed by atoms with Gasteiger partial charge in [0.1, 0.15) is 0 Å². The zero-order valence-corrected chi connectivity index (χ0v) is 12.8. The summed E-state index contributed by atoms with van der Waals surface area (Å²) in [4.78, 5) is 11.1. The summed E-state index contributed by atoms with van der Waals surface area (Å²) >= 11 is 0. The van der Waals surface area contributed by atoms with Gasteiger partial charge in [-0.2, -0.15) is 4.98 Å². The number of hydrogen-bond donors (Lipinski definition) is 1. The second-order valence-corrected chi connectivity index (χ2v) is 5.61. The third kappa shape index (κ3) is 4.34. The molecule has 1 fully saturated rings. The fourth-order valence-corrected chi connectivity index (χ4v) is 2.55. The van der Waals surface area contributed by atoms with Crippen LogP contribution in [0.1, 0.15) is 33.6 Å². The summed E-state index contributed by atoms with van der Waals surface area (Å²) in [7, 11) is 0. The van der Waals surface area contributed by atoms with E-state index < -0.39 is 0 Å². The molecule has 0 aliphatic carbocycles. The highest BCUT2D eigenvalue weighted by atomic mass is 16.5. The van der Waals surface area contributed by atoms with Crippen LogP contribution in [-0.4, -0.2) is 42.3 Å². The number of nitrogens with one attached hydrogen (secondary N) is 1. The maximum atomic E-state index is 5.63. The summed E-state index contributed by atoms with van der Waals surface area (Å²) in [5.41, 5.74) is 0. The third-order valence-corrected chi connectivity index (χ3v) is 3.60. The molecule has 1 aliphatic heterocycles. The van der Waals surface area contributed by atoms with Gasteiger partial charge in [0.25, 0.3) is 0 Å². The number of rotatable bonds is 6. The monoisotopic (exact) mass is 278 g/mol. The first-order chi connectivity index (χ1) is 9.69. The van der Waals surface area contributed by atoms with Crippen LogP contribution in [0.5, 0.6) is 5.88 Å². The Balaban J connectivity index is 2.02. The maximum Gasteiger partial charge on any atom is 0.234 e. The van der Waals surface area contributed by atoms with Gasteiger partial charge in [-0.1, -0.05) is 0 Å². The number of piperidine rings is 1. The predicted molar refractivity (Wildman–Crippen MR) is 81.3 cm³/mol. The molecule has 5 nitrogen and oxygen atoms in total. The molecule has 1 saturated heterocycles. The van der Waals surface area contributed by atoms with Gasteiger partial charge < -0.3 is 15.0 Å². The van der Waals surface area contributed by atoms with Crippen molar-refractivity contribution in [3.05, 3.63) is 12.4 Å². The Morgan fingerprint density at radius 1 is 1.35 bits per heavy atom. The number of nitrogens with zero attached hydrogens (tertiary/aromatic N) is 3. The molecule has 112 valence electrons. The number of anilines is 1. The van der Waals surface area contributed by atoms with Crippen LogP contribution in [0, 0.1) is 5.92 Å². The summed E-state index contributed by atoms with van der Waals surface area (Å²) < 4.78 is 5.63. The zero-order chi connectivity index (χ0) is 14.4.